The van der Waals surface area contributed by atoms with Crippen LogP contribution in [0.2, 0.25) is 10.2 Å². The van der Waals surface area contributed by atoms with Crippen molar-refractivity contribution >= 4 is 46.0 Å². The smallest absolute Gasteiger partial charge is 0.353 e. The number of benzene rings is 2. The number of hydrogen-bond acceptors (Lipinski definition) is 4. The zero-order valence-corrected chi connectivity index (χ0v) is 17.9. The first-order valence-corrected chi connectivity index (χ1v) is 10.2. The van der Waals surface area contributed by atoms with Crippen LogP contribution in [-0.2, 0) is 6.54 Å². The van der Waals surface area contributed by atoms with Crippen LogP contribution in [0, 0.1) is 0 Å². The highest BCUT2D eigenvalue weighted by molar-refractivity contribution is 6.31. The molecule has 160 valence electrons. The van der Waals surface area contributed by atoms with Crippen LogP contribution in [0.5, 0.6) is 0 Å². The van der Waals surface area contributed by atoms with E-state index in [2.05, 4.69) is 10.3 Å². The van der Waals surface area contributed by atoms with E-state index in [1.165, 1.54) is 22.9 Å². The van der Waals surface area contributed by atoms with Crippen molar-refractivity contribution in [2.24, 2.45) is 0 Å². The molecule has 7 nitrogen and oxygen atoms in total. The van der Waals surface area contributed by atoms with E-state index >= 15 is 0 Å². The van der Waals surface area contributed by atoms with E-state index in [1.54, 1.807) is 48.5 Å². The zero-order valence-electron chi connectivity index (χ0n) is 16.4. The molecular formula is C23H15Cl2N3O4. The molecule has 0 radical (unpaired) electrons. The summed E-state index contributed by atoms with van der Waals surface area (Å²) in [5.74, 6) is -1.84. The first-order chi connectivity index (χ1) is 15.4. The summed E-state index contributed by atoms with van der Waals surface area (Å²) in [6, 6.07) is 16.3. The second kappa shape index (κ2) is 8.82. The average Bonchev–Trinajstić information content (AvgIpc) is 2.78. The highest BCUT2D eigenvalue weighted by atomic mass is 35.5. The molecule has 2 heterocycles. The first kappa shape index (κ1) is 21.5. The van der Waals surface area contributed by atoms with Crippen LogP contribution in [0.4, 0.5) is 0 Å². The fourth-order valence-corrected chi connectivity index (χ4v) is 3.70. The van der Waals surface area contributed by atoms with Crippen LogP contribution in [0.25, 0.3) is 16.6 Å². The Bertz CT molecular complexity index is 1400. The molecule has 0 saturated carbocycles. The van der Waals surface area contributed by atoms with Gasteiger partial charge in [0.1, 0.15) is 10.8 Å². The molecule has 0 bridgehead atoms. The number of carbonyl (C=O) groups is 2. The van der Waals surface area contributed by atoms with Crippen LogP contribution in [0.1, 0.15) is 26.4 Å². The lowest BCUT2D eigenvalue weighted by Crippen LogP contribution is -2.30. The number of rotatable bonds is 5. The van der Waals surface area contributed by atoms with Crippen molar-refractivity contribution in [1.82, 2.24) is 14.9 Å². The van der Waals surface area contributed by atoms with E-state index in [1.807, 2.05) is 0 Å². The summed E-state index contributed by atoms with van der Waals surface area (Å²) in [4.78, 5) is 41.9. The van der Waals surface area contributed by atoms with Crippen LogP contribution in [0.3, 0.4) is 0 Å². The molecule has 0 spiro atoms. The Balaban J connectivity index is 1.89. The number of para-hydroxylation sites is 1. The van der Waals surface area contributed by atoms with Crippen LogP contribution in [-0.4, -0.2) is 26.5 Å². The molecule has 1 amide bonds. The Morgan fingerprint density at radius 2 is 1.78 bits per heavy atom. The van der Waals surface area contributed by atoms with Gasteiger partial charge < -0.3 is 15.0 Å². The number of carboxylic acid groups (broad SMARTS) is 1. The van der Waals surface area contributed by atoms with Gasteiger partial charge in [0.15, 0.2) is 5.43 Å². The van der Waals surface area contributed by atoms with Crippen molar-refractivity contribution in [2.75, 3.05) is 0 Å². The summed E-state index contributed by atoms with van der Waals surface area (Å²) in [7, 11) is 0. The fourth-order valence-electron chi connectivity index (χ4n) is 3.42. The van der Waals surface area contributed by atoms with Crippen molar-refractivity contribution in [3.63, 3.8) is 0 Å². The van der Waals surface area contributed by atoms with Crippen molar-refractivity contribution in [2.45, 2.75) is 6.54 Å². The van der Waals surface area contributed by atoms with Crippen LogP contribution < -0.4 is 10.7 Å². The Morgan fingerprint density at radius 3 is 2.44 bits per heavy atom. The van der Waals surface area contributed by atoms with Gasteiger partial charge in [0.2, 0.25) is 0 Å². The van der Waals surface area contributed by atoms with E-state index in [9.17, 15) is 19.5 Å². The number of nitrogens with one attached hydrogen (secondary N) is 1. The van der Waals surface area contributed by atoms with Crippen molar-refractivity contribution in [3.8, 4) is 5.69 Å². The Labute approximate surface area is 191 Å². The molecule has 2 N–H and O–H groups in total. The minimum atomic E-state index is -1.31. The van der Waals surface area contributed by atoms with Crippen molar-refractivity contribution < 1.29 is 14.7 Å². The SMILES string of the molecule is O=C(NCc1c(C(=O)O)n(-c2ccccc2)c2cc(Cl)ccc2c1=O)c1ccc(Cl)nc1. The standard InChI is InChI=1S/C23H15Cl2N3O4/c24-14-7-8-16-18(10-14)28(15-4-2-1-3-5-15)20(23(31)32)17(21(16)29)12-27-22(30)13-6-9-19(25)26-11-13/h1-11H,12H2,(H,27,30)(H,31,32). The molecule has 4 aromatic rings. The van der Waals surface area contributed by atoms with Crippen LogP contribution >= 0.6 is 23.2 Å². The van der Waals surface area contributed by atoms with Crippen molar-refractivity contribution in [1.29, 1.82) is 0 Å². The summed E-state index contributed by atoms with van der Waals surface area (Å²) in [6.07, 6.45) is 1.29. The predicted molar refractivity (Wildman–Crippen MR) is 122 cm³/mol. The Morgan fingerprint density at radius 1 is 1.03 bits per heavy atom. The number of carboxylic acids is 1. The summed E-state index contributed by atoms with van der Waals surface area (Å²) < 4.78 is 1.45. The number of carbonyl (C=O) groups excluding carboxylic acids is 1. The highest BCUT2D eigenvalue weighted by Crippen LogP contribution is 2.25. The summed E-state index contributed by atoms with van der Waals surface area (Å²) in [5, 5.41) is 13.5. The number of fused-ring (bicyclic) bond motifs is 1. The Hall–Kier alpha value is -3.68. The predicted octanol–water partition coefficient (Wildman–Crippen LogP) is 4.32. The fraction of sp³-hybridized carbons (Fsp3) is 0.0435. The van der Waals surface area contributed by atoms with Gasteiger partial charge in [-0.2, -0.15) is 0 Å². The first-order valence-electron chi connectivity index (χ1n) is 9.42. The molecule has 0 aliphatic carbocycles. The number of aromatic carboxylic acids is 1. The summed E-state index contributed by atoms with van der Waals surface area (Å²) in [6.45, 7) is -0.298. The molecule has 4 rings (SSSR count). The number of nitrogens with zero attached hydrogens (tertiary/aromatic N) is 2. The second-order valence-corrected chi connectivity index (χ2v) is 7.67. The maximum Gasteiger partial charge on any atom is 0.353 e. The molecule has 32 heavy (non-hydrogen) atoms. The lowest BCUT2D eigenvalue weighted by molar-refractivity contribution is 0.0685. The van der Waals surface area contributed by atoms with Crippen molar-refractivity contribution in [3.05, 3.63) is 104 Å². The molecule has 0 unspecified atom stereocenters. The minimum absolute atomic E-state index is 0.0635. The third kappa shape index (κ3) is 4.08. The molecule has 0 aliphatic heterocycles. The van der Waals surface area contributed by atoms with Gasteiger partial charge in [-0.3, -0.25) is 9.59 Å². The largest absolute Gasteiger partial charge is 0.477 e. The molecular weight excluding hydrogens is 453 g/mol. The van der Waals surface area contributed by atoms with Gasteiger partial charge in [-0.15, -0.1) is 0 Å². The lowest BCUT2D eigenvalue weighted by atomic mass is 10.1. The molecule has 0 saturated heterocycles. The van der Waals surface area contributed by atoms with Gasteiger partial charge in [0.25, 0.3) is 5.91 Å². The van der Waals surface area contributed by atoms with Gasteiger partial charge in [-0.05, 0) is 42.5 Å². The minimum Gasteiger partial charge on any atom is -0.477 e. The molecule has 0 aliphatic rings. The number of hydrogen-bond donors (Lipinski definition) is 2. The summed E-state index contributed by atoms with van der Waals surface area (Å²) in [5.41, 5.74) is 0.282. The van der Waals surface area contributed by atoms with E-state index in [0.29, 0.717) is 16.2 Å². The van der Waals surface area contributed by atoms with E-state index < -0.39 is 17.3 Å². The third-order valence-corrected chi connectivity index (χ3v) is 5.32. The van der Waals surface area contributed by atoms with E-state index in [0.717, 1.165) is 0 Å². The highest BCUT2D eigenvalue weighted by Gasteiger charge is 2.23. The quantitative estimate of drug-likeness (QED) is 0.425. The number of halogens is 2. The second-order valence-electron chi connectivity index (χ2n) is 6.85. The number of aromatic nitrogens is 2. The molecule has 2 aromatic heterocycles. The number of pyridine rings is 2. The van der Waals surface area contributed by atoms with Crippen LogP contribution in [0.15, 0.2) is 71.7 Å². The van der Waals surface area contributed by atoms with Gasteiger partial charge >= 0.3 is 5.97 Å². The van der Waals surface area contributed by atoms with Gasteiger partial charge in [-0.25, -0.2) is 9.78 Å². The molecule has 2 aromatic carbocycles. The molecule has 0 atom stereocenters. The normalized spacial score (nSPS) is 10.8. The Kier molecular flexibility index (Phi) is 5.94. The number of amides is 1. The van der Waals surface area contributed by atoms with Gasteiger partial charge in [0, 0.05) is 28.8 Å². The van der Waals surface area contributed by atoms with Gasteiger partial charge in [-0.1, -0.05) is 41.4 Å². The third-order valence-electron chi connectivity index (χ3n) is 4.86. The maximum atomic E-state index is 13.2. The monoisotopic (exact) mass is 467 g/mol. The topological polar surface area (TPSA) is 101 Å². The van der Waals surface area contributed by atoms with E-state index in [-0.39, 0.29) is 33.9 Å². The maximum absolute atomic E-state index is 13.2. The lowest BCUT2D eigenvalue weighted by Gasteiger charge is -2.19. The molecule has 9 heteroatoms. The molecule has 0 fully saturated rings. The summed E-state index contributed by atoms with van der Waals surface area (Å²) >= 11 is 11.9. The average molecular weight is 468 g/mol. The van der Waals surface area contributed by atoms with E-state index in [4.69, 9.17) is 23.2 Å². The van der Waals surface area contributed by atoms with Gasteiger partial charge in [0.05, 0.1) is 16.6 Å². The zero-order chi connectivity index (χ0) is 22.8.